The molecule has 0 radical (unpaired) electrons. The Hall–Kier alpha value is -3.67. The number of hydrazone groups is 1. The molecular weight excluding hydrogens is 402 g/mol. The highest BCUT2D eigenvalue weighted by molar-refractivity contribution is 6.46. The second-order valence-corrected chi connectivity index (χ2v) is 8.81. The van der Waals surface area contributed by atoms with Gasteiger partial charge in [0, 0.05) is 11.1 Å². The summed E-state index contributed by atoms with van der Waals surface area (Å²) in [5.41, 5.74) is 5.01. The van der Waals surface area contributed by atoms with Crippen LogP contribution in [0.2, 0.25) is 0 Å². The summed E-state index contributed by atoms with van der Waals surface area (Å²) in [4.78, 5) is 29.2. The molecule has 0 aliphatic carbocycles. The number of allylic oxidation sites excluding steroid dienone is 1. The van der Waals surface area contributed by atoms with Crippen molar-refractivity contribution in [3.8, 4) is 5.75 Å². The second kappa shape index (κ2) is 6.92. The number of carbonyl (C=O) groups is 2. The summed E-state index contributed by atoms with van der Waals surface area (Å²) in [6.45, 7) is 10.3. The number of benzene rings is 2. The minimum absolute atomic E-state index is 0.184. The van der Waals surface area contributed by atoms with Crippen LogP contribution in [0, 0.1) is 0 Å². The Morgan fingerprint density at radius 2 is 1.66 bits per heavy atom. The van der Waals surface area contributed by atoms with Gasteiger partial charge in [-0.1, -0.05) is 24.3 Å². The van der Waals surface area contributed by atoms with Crippen LogP contribution in [0.15, 0.2) is 59.2 Å². The summed E-state index contributed by atoms with van der Waals surface area (Å²) in [6.07, 6.45) is 2.09. The normalized spacial score (nSPS) is 21.0. The standard InChI is InChI=1S/C26H25N3O3/c1-6-32-18-12-19-15(2)14-26(4,5)28-23(19)20(13-18)22(24(28)30)21-16(3)27-29(25(21)31)17-10-8-7-9-11-17/h7-14H,6H2,1-5H3/b22-21-. The highest BCUT2D eigenvalue weighted by Crippen LogP contribution is 2.51. The van der Waals surface area contributed by atoms with Crippen LogP contribution in [0.25, 0.3) is 11.1 Å². The van der Waals surface area contributed by atoms with Crippen LogP contribution in [0.5, 0.6) is 5.75 Å². The van der Waals surface area contributed by atoms with Gasteiger partial charge < -0.3 is 4.74 Å². The molecule has 3 aliphatic heterocycles. The van der Waals surface area contributed by atoms with Gasteiger partial charge in [0.25, 0.3) is 11.8 Å². The number of carbonyl (C=O) groups excluding carboxylic acids is 2. The Balaban J connectivity index is 1.76. The molecule has 2 aromatic carbocycles. The number of hydrogen-bond donors (Lipinski definition) is 0. The smallest absolute Gasteiger partial charge is 0.281 e. The Labute approximate surface area is 187 Å². The average molecular weight is 428 g/mol. The molecule has 0 fully saturated rings. The molecule has 0 saturated heterocycles. The van der Waals surface area contributed by atoms with E-state index in [0.29, 0.717) is 34.9 Å². The van der Waals surface area contributed by atoms with E-state index in [1.54, 1.807) is 11.8 Å². The summed E-state index contributed by atoms with van der Waals surface area (Å²) >= 11 is 0. The topological polar surface area (TPSA) is 62.2 Å². The van der Waals surface area contributed by atoms with Gasteiger partial charge in [-0.25, -0.2) is 0 Å². The molecule has 3 aliphatic rings. The molecule has 0 unspecified atom stereocenters. The fourth-order valence-corrected chi connectivity index (χ4v) is 4.92. The van der Waals surface area contributed by atoms with Crippen LogP contribution in [0.1, 0.15) is 45.7 Å². The zero-order valence-corrected chi connectivity index (χ0v) is 18.9. The molecule has 0 aromatic heterocycles. The first-order valence-electron chi connectivity index (χ1n) is 10.8. The molecule has 2 aromatic rings. The predicted octanol–water partition coefficient (Wildman–Crippen LogP) is 4.80. The quantitative estimate of drug-likeness (QED) is 0.661. The van der Waals surface area contributed by atoms with Crippen molar-refractivity contribution in [2.45, 2.75) is 40.2 Å². The largest absolute Gasteiger partial charge is 0.494 e. The third-order valence-corrected chi connectivity index (χ3v) is 6.14. The maximum Gasteiger partial charge on any atom is 0.281 e. The van der Waals surface area contributed by atoms with E-state index in [1.807, 2.05) is 70.2 Å². The maximum atomic E-state index is 13.9. The van der Waals surface area contributed by atoms with Gasteiger partial charge in [-0.2, -0.15) is 10.1 Å². The first-order valence-corrected chi connectivity index (χ1v) is 10.8. The molecule has 32 heavy (non-hydrogen) atoms. The van der Waals surface area contributed by atoms with Crippen molar-refractivity contribution in [3.05, 3.63) is 65.2 Å². The lowest BCUT2D eigenvalue weighted by Gasteiger charge is -2.38. The minimum Gasteiger partial charge on any atom is -0.494 e. The van der Waals surface area contributed by atoms with Gasteiger partial charge in [0.15, 0.2) is 0 Å². The van der Waals surface area contributed by atoms with E-state index in [-0.39, 0.29) is 11.8 Å². The van der Waals surface area contributed by atoms with Crippen LogP contribution in [0.3, 0.4) is 0 Å². The van der Waals surface area contributed by atoms with Gasteiger partial charge in [-0.3, -0.25) is 14.5 Å². The number of anilines is 2. The van der Waals surface area contributed by atoms with E-state index >= 15 is 0 Å². The molecule has 5 rings (SSSR count). The Morgan fingerprint density at radius 1 is 0.969 bits per heavy atom. The van der Waals surface area contributed by atoms with E-state index in [0.717, 1.165) is 22.4 Å². The molecule has 6 heteroatoms. The minimum atomic E-state index is -0.524. The van der Waals surface area contributed by atoms with Gasteiger partial charge in [0.2, 0.25) is 0 Å². The Bertz CT molecular complexity index is 1270. The molecule has 0 N–H and O–H groups in total. The van der Waals surface area contributed by atoms with E-state index in [1.165, 1.54) is 5.01 Å². The van der Waals surface area contributed by atoms with Crippen molar-refractivity contribution in [2.24, 2.45) is 5.10 Å². The van der Waals surface area contributed by atoms with Crippen molar-refractivity contribution in [1.82, 2.24) is 0 Å². The Morgan fingerprint density at radius 3 is 2.34 bits per heavy atom. The number of amides is 2. The first kappa shape index (κ1) is 20.2. The fraction of sp³-hybridized carbons (Fsp3) is 0.269. The first-order chi connectivity index (χ1) is 15.2. The molecule has 0 saturated carbocycles. The van der Waals surface area contributed by atoms with Crippen molar-refractivity contribution < 1.29 is 14.3 Å². The van der Waals surface area contributed by atoms with Crippen LogP contribution in [-0.4, -0.2) is 29.7 Å². The summed E-state index contributed by atoms with van der Waals surface area (Å²) in [5.74, 6) is 0.202. The highest BCUT2D eigenvalue weighted by atomic mass is 16.5. The maximum absolute atomic E-state index is 13.9. The highest BCUT2D eigenvalue weighted by Gasteiger charge is 2.48. The third-order valence-electron chi connectivity index (χ3n) is 6.14. The number of rotatable bonds is 3. The zero-order chi connectivity index (χ0) is 22.8. The lowest BCUT2D eigenvalue weighted by Crippen LogP contribution is -2.46. The number of nitrogens with zero attached hydrogens (tertiary/aromatic N) is 3. The van der Waals surface area contributed by atoms with Gasteiger partial charge in [0.1, 0.15) is 5.75 Å². The van der Waals surface area contributed by atoms with Crippen molar-refractivity contribution in [1.29, 1.82) is 0 Å². The van der Waals surface area contributed by atoms with Crippen molar-refractivity contribution >= 4 is 40.0 Å². The van der Waals surface area contributed by atoms with E-state index in [2.05, 4.69) is 11.2 Å². The molecule has 0 atom stereocenters. The summed E-state index contributed by atoms with van der Waals surface area (Å²) in [6, 6.07) is 13.1. The molecule has 162 valence electrons. The molecule has 0 bridgehead atoms. The fourth-order valence-electron chi connectivity index (χ4n) is 4.92. The number of para-hydroxylation sites is 1. The van der Waals surface area contributed by atoms with Gasteiger partial charge in [0.05, 0.1) is 40.4 Å². The monoisotopic (exact) mass is 427 g/mol. The van der Waals surface area contributed by atoms with E-state index in [4.69, 9.17) is 4.74 Å². The molecular formula is C26H25N3O3. The van der Waals surface area contributed by atoms with Gasteiger partial charge >= 0.3 is 0 Å². The lowest BCUT2D eigenvalue weighted by atomic mass is 9.88. The van der Waals surface area contributed by atoms with Gasteiger partial charge in [-0.05, 0) is 64.5 Å². The van der Waals surface area contributed by atoms with Crippen LogP contribution in [0.4, 0.5) is 11.4 Å². The number of ether oxygens (including phenoxy) is 1. The third kappa shape index (κ3) is 2.75. The van der Waals surface area contributed by atoms with Crippen LogP contribution in [-0.2, 0) is 9.59 Å². The SMILES string of the molecule is CCOc1cc2c3c(c1)/C(=C1/C(=O)N(c4ccccc4)N=C1C)C(=O)N3C(C)(C)C=C2C. The van der Waals surface area contributed by atoms with E-state index in [9.17, 15) is 9.59 Å². The molecule has 0 spiro atoms. The summed E-state index contributed by atoms with van der Waals surface area (Å²) < 4.78 is 5.82. The predicted molar refractivity (Wildman–Crippen MR) is 127 cm³/mol. The van der Waals surface area contributed by atoms with Gasteiger partial charge in [-0.15, -0.1) is 0 Å². The van der Waals surface area contributed by atoms with Crippen molar-refractivity contribution in [3.63, 3.8) is 0 Å². The zero-order valence-electron chi connectivity index (χ0n) is 18.9. The summed E-state index contributed by atoms with van der Waals surface area (Å²) in [7, 11) is 0. The van der Waals surface area contributed by atoms with Crippen molar-refractivity contribution in [2.75, 3.05) is 16.5 Å². The second-order valence-electron chi connectivity index (χ2n) is 8.81. The lowest BCUT2D eigenvalue weighted by molar-refractivity contribution is -0.116. The number of hydrogen-bond acceptors (Lipinski definition) is 4. The van der Waals surface area contributed by atoms with Crippen LogP contribution < -0.4 is 14.6 Å². The Kier molecular flexibility index (Phi) is 4.38. The van der Waals surface area contributed by atoms with E-state index < -0.39 is 5.54 Å². The molecule has 2 amide bonds. The average Bonchev–Trinajstić information content (AvgIpc) is 3.20. The summed E-state index contributed by atoms with van der Waals surface area (Å²) in [5, 5.41) is 5.87. The van der Waals surface area contributed by atoms with Crippen LogP contribution >= 0.6 is 0 Å². The molecule has 3 heterocycles. The molecule has 6 nitrogen and oxygen atoms in total.